The molecule has 0 atom stereocenters. The van der Waals surface area contributed by atoms with Crippen molar-refractivity contribution in [2.75, 3.05) is 6.61 Å². The molecular formula is C11H11IO. The van der Waals surface area contributed by atoms with Gasteiger partial charge in [0.1, 0.15) is 5.75 Å². The van der Waals surface area contributed by atoms with Gasteiger partial charge in [0.25, 0.3) is 0 Å². The van der Waals surface area contributed by atoms with Gasteiger partial charge in [-0.2, -0.15) is 0 Å². The van der Waals surface area contributed by atoms with E-state index in [1.807, 2.05) is 24.3 Å². The highest BCUT2D eigenvalue weighted by Gasteiger charge is 1.93. The van der Waals surface area contributed by atoms with Crippen LogP contribution in [0.15, 0.2) is 24.3 Å². The van der Waals surface area contributed by atoms with Gasteiger partial charge in [-0.15, -0.1) is 12.3 Å². The Morgan fingerprint density at radius 2 is 2.31 bits per heavy atom. The SMILES string of the molecule is C#CCCCOc1cccc(I)c1. The number of rotatable bonds is 4. The van der Waals surface area contributed by atoms with Crippen LogP contribution in [0.3, 0.4) is 0 Å². The Bertz CT molecular complexity index is 301. The number of terminal acetylenes is 1. The third kappa shape index (κ3) is 4.18. The van der Waals surface area contributed by atoms with E-state index in [2.05, 4.69) is 28.5 Å². The molecule has 1 aromatic carbocycles. The van der Waals surface area contributed by atoms with Crippen LogP contribution in [-0.2, 0) is 0 Å². The lowest BCUT2D eigenvalue weighted by molar-refractivity contribution is 0.313. The molecule has 1 aromatic rings. The molecule has 0 N–H and O–H groups in total. The number of unbranched alkanes of at least 4 members (excludes halogenated alkanes) is 1. The van der Waals surface area contributed by atoms with Gasteiger partial charge in [0, 0.05) is 9.99 Å². The first-order chi connectivity index (χ1) is 6.33. The lowest BCUT2D eigenvalue weighted by atomic mass is 10.3. The average molecular weight is 286 g/mol. The van der Waals surface area contributed by atoms with Gasteiger partial charge >= 0.3 is 0 Å². The van der Waals surface area contributed by atoms with Gasteiger partial charge in [-0.05, 0) is 47.2 Å². The van der Waals surface area contributed by atoms with Crippen LogP contribution in [0, 0.1) is 15.9 Å². The summed E-state index contributed by atoms with van der Waals surface area (Å²) in [5, 5.41) is 0. The fraction of sp³-hybridized carbons (Fsp3) is 0.273. The summed E-state index contributed by atoms with van der Waals surface area (Å²) in [6, 6.07) is 7.99. The van der Waals surface area contributed by atoms with E-state index >= 15 is 0 Å². The smallest absolute Gasteiger partial charge is 0.120 e. The Morgan fingerprint density at radius 3 is 3.00 bits per heavy atom. The van der Waals surface area contributed by atoms with E-state index in [0.29, 0.717) is 6.61 Å². The molecule has 0 heterocycles. The van der Waals surface area contributed by atoms with E-state index in [4.69, 9.17) is 11.2 Å². The summed E-state index contributed by atoms with van der Waals surface area (Å²) in [5.74, 6) is 3.50. The zero-order valence-electron chi connectivity index (χ0n) is 7.29. The Kier molecular flexibility index (Phi) is 4.69. The van der Waals surface area contributed by atoms with Crippen molar-refractivity contribution in [1.82, 2.24) is 0 Å². The maximum absolute atomic E-state index is 5.49. The number of ether oxygens (including phenoxy) is 1. The zero-order valence-corrected chi connectivity index (χ0v) is 9.45. The quantitative estimate of drug-likeness (QED) is 0.469. The van der Waals surface area contributed by atoms with Crippen LogP contribution in [0.5, 0.6) is 5.75 Å². The fourth-order valence-corrected chi connectivity index (χ4v) is 1.44. The molecule has 1 nitrogen and oxygen atoms in total. The lowest BCUT2D eigenvalue weighted by Crippen LogP contribution is -1.96. The Balaban J connectivity index is 2.33. The molecule has 0 aliphatic rings. The molecule has 0 saturated carbocycles. The zero-order chi connectivity index (χ0) is 9.52. The van der Waals surface area contributed by atoms with Gasteiger partial charge in [0.05, 0.1) is 6.61 Å². The van der Waals surface area contributed by atoms with Crippen LogP contribution in [0.1, 0.15) is 12.8 Å². The van der Waals surface area contributed by atoms with Crippen LogP contribution in [0.2, 0.25) is 0 Å². The third-order valence-electron chi connectivity index (χ3n) is 1.53. The molecule has 0 aromatic heterocycles. The Morgan fingerprint density at radius 1 is 1.46 bits per heavy atom. The van der Waals surface area contributed by atoms with Crippen molar-refractivity contribution in [3.63, 3.8) is 0 Å². The molecule has 0 amide bonds. The predicted molar refractivity (Wildman–Crippen MR) is 62.7 cm³/mol. The first-order valence-electron chi connectivity index (χ1n) is 4.15. The second kappa shape index (κ2) is 5.87. The van der Waals surface area contributed by atoms with Crippen LogP contribution in [0.25, 0.3) is 0 Å². The summed E-state index contributed by atoms with van der Waals surface area (Å²) in [7, 11) is 0. The topological polar surface area (TPSA) is 9.23 Å². The highest BCUT2D eigenvalue weighted by Crippen LogP contribution is 2.14. The van der Waals surface area contributed by atoms with Crippen LogP contribution in [0.4, 0.5) is 0 Å². The van der Waals surface area contributed by atoms with Crippen molar-refractivity contribution in [1.29, 1.82) is 0 Å². The summed E-state index contributed by atoms with van der Waals surface area (Å²) in [4.78, 5) is 0. The van der Waals surface area contributed by atoms with Crippen molar-refractivity contribution < 1.29 is 4.74 Å². The van der Waals surface area contributed by atoms with E-state index in [1.54, 1.807) is 0 Å². The predicted octanol–water partition coefficient (Wildman–Crippen LogP) is 3.08. The second-order valence-corrected chi connectivity index (χ2v) is 3.86. The van der Waals surface area contributed by atoms with Crippen LogP contribution >= 0.6 is 22.6 Å². The minimum Gasteiger partial charge on any atom is -0.494 e. The number of benzene rings is 1. The summed E-state index contributed by atoms with van der Waals surface area (Å²) >= 11 is 2.26. The molecule has 0 fully saturated rings. The normalized spacial score (nSPS) is 9.23. The van der Waals surface area contributed by atoms with Crippen molar-refractivity contribution in [3.8, 4) is 18.1 Å². The average Bonchev–Trinajstić information content (AvgIpc) is 2.13. The second-order valence-electron chi connectivity index (χ2n) is 2.61. The highest BCUT2D eigenvalue weighted by molar-refractivity contribution is 14.1. The molecule has 1 rings (SSSR count). The monoisotopic (exact) mass is 286 g/mol. The number of halogens is 1. The summed E-state index contributed by atoms with van der Waals surface area (Å²) < 4.78 is 6.68. The van der Waals surface area contributed by atoms with E-state index < -0.39 is 0 Å². The standard InChI is InChI=1S/C11H11IO/c1-2-3-4-8-13-11-7-5-6-10(12)9-11/h1,5-7,9H,3-4,8H2. The van der Waals surface area contributed by atoms with Crippen molar-refractivity contribution in [3.05, 3.63) is 27.8 Å². The maximum Gasteiger partial charge on any atom is 0.120 e. The van der Waals surface area contributed by atoms with Gasteiger partial charge in [0.15, 0.2) is 0 Å². The van der Waals surface area contributed by atoms with E-state index in [0.717, 1.165) is 18.6 Å². The van der Waals surface area contributed by atoms with Gasteiger partial charge in [0.2, 0.25) is 0 Å². The molecule has 0 aliphatic carbocycles. The first kappa shape index (κ1) is 10.4. The van der Waals surface area contributed by atoms with E-state index in [1.165, 1.54) is 3.57 Å². The fourth-order valence-electron chi connectivity index (χ4n) is 0.921. The van der Waals surface area contributed by atoms with Gasteiger partial charge < -0.3 is 4.74 Å². The van der Waals surface area contributed by atoms with Gasteiger partial charge in [-0.25, -0.2) is 0 Å². The van der Waals surface area contributed by atoms with E-state index in [-0.39, 0.29) is 0 Å². The number of hydrogen-bond donors (Lipinski definition) is 0. The summed E-state index contributed by atoms with van der Waals surface area (Å²) in [5.41, 5.74) is 0. The Labute approximate surface area is 92.6 Å². The van der Waals surface area contributed by atoms with Crippen LogP contribution < -0.4 is 4.74 Å². The lowest BCUT2D eigenvalue weighted by Gasteiger charge is -2.04. The largest absolute Gasteiger partial charge is 0.494 e. The summed E-state index contributed by atoms with van der Waals surface area (Å²) in [6.45, 7) is 0.699. The van der Waals surface area contributed by atoms with Gasteiger partial charge in [-0.3, -0.25) is 0 Å². The number of hydrogen-bond acceptors (Lipinski definition) is 1. The van der Waals surface area contributed by atoms with Crippen LogP contribution in [-0.4, -0.2) is 6.61 Å². The van der Waals surface area contributed by atoms with E-state index in [9.17, 15) is 0 Å². The molecule has 0 radical (unpaired) electrons. The van der Waals surface area contributed by atoms with Gasteiger partial charge in [-0.1, -0.05) is 6.07 Å². The molecule has 0 bridgehead atoms. The maximum atomic E-state index is 5.49. The minimum atomic E-state index is 0.699. The molecular weight excluding hydrogens is 275 g/mol. The molecule has 2 heteroatoms. The first-order valence-corrected chi connectivity index (χ1v) is 5.22. The third-order valence-corrected chi connectivity index (χ3v) is 2.20. The molecule has 0 spiro atoms. The highest BCUT2D eigenvalue weighted by atomic mass is 127. The Hall–Kier alpha value is -0.690. The molecule has 68 valence electrons. The minimum absolute atomic E-state index is 0.699. The van der Waals surface area contributed by atoms with Crippen molar-refractivity contribution >= 4 is 22.6 Å². The van der Waals surface area contributed by atoms with Crippen molar-refractivity contribution in [2.45, 2.75) is 12.8 Å². The van der Waals surface area contributed by atoms with Crippen molar-refractivity contribution in [2.24, 2.45) is 0 Å². The molecule has 0 unspecified atom stereocenters. The molecule has 0 aliphatic heterocycles. The molecule has 13 heavy (non-hydrogen) atoms. The molecule has 0 saturated heterocycles. The summed E-state index contributed by atoms with van der Waals surface area (Å²) in [6.07, 6.45) is 6.83.